The molecule has 1 N–H and O–H groups in total. The van der Waals surface area contributed by atoms with Gasteiger partial charge >= 0.3 is 6.09 Å². The van der Waals surface area contributed by atoms with Gasteiger partial charge in [0.05, 0.1) is 11.8 Å². The molecule has 0 atom stereocenters. The number of carbonyl (C=O) groups is 2. The highest BCUT2D eigenvalue weighted by Crippen LogP contribution is 2.31. The summed E-state index contributed by atoms with van der Waals surface area (Å²) in [5.41, 5.74) is 6.57. The van der Waals surface area contributed by atoms with E-state index in [4.69, 9.17) is 4.74 Å². The molecule has 1 heterocycles. The number of halogens is 1. The SMILES string of the molecule is C=CCOC(=O)NCc1c(Br)cccc1SC1=NC=C=C=C1C=O. The van der Waals surface area contributed by atoms with E-state index in [1.165, 1.54) is 24.0 Å². The van der Waals surface area contributed by atoms with Gasteiger partial charge in [-0.1, -0.05) is 52.1 Å². The van der Waals surface area contributed by atoms with Gasteiger partial charge in [-0.2, -0.15) is 0 Å². The lowest BCUT2D eigenvalue weighted by atomic mass is 10.2. The lowest BCUT2D eigenvalue weighted by Gasteiger charge is -2.13. The third kappa shape index (κ3) is 4.85. The van der Waals surface area contributed by atoms with Gasteiger partial charge in [-0.25, -0.2) is 9.79 Å². The van der Waals surface area contributed by atoms with Crippen molar-refractivity contribution in [3.63, 3.8) is 0 Å². The molecule has 1 aliphatic rings. The molecule has 24 heavy (non-hydrogen) atoms. The van der Waals surface area contributed by atoms with E-state index in [9.17, 15) is 9.59 Å². The largest absolute Gasteiger partial charge is 0.445 e. The zero-order chi connectivity index (χ0) is 17.4. The topological polar surface area (TPSA) is 67.8 Å². The highest BCUT2D eigenvalue weighted by molar-refractivity contribution is 9.10. The number of ether oxygens (including phenoxy) is 1. The van der Waals surface area contributed by atoms with Gasteiger partial charge in [0.15, 0.2) is 6.29 Å². The first kappa shape index (κ1) is 18.0. The molecule has 1 aromatic carbocycles. The lowest BCUT2D eigenvalue weighted by molar-refractivity contribution is -0.104. The van der Waals surface area contributed by atoms with E-state index in [-0.39, 0.29) is 13.2 Å². The standard InChI is InChI=1S/C17H13BrN2O3S/c1-2-9-23-17(22)20-10-13-14(18)6-3-7-15(13)24-16-12(11-21)5-4-8-19-16/h2-3,6-8,11H,1,9-10H2,(H,20,22). The van der Waals surface area contributed by atoms with Crippen molar-refractivity contribution in [3.8, 4) is 0 Å². The fourth-order valence-electron chi connectivity index (χ4n) is 1.74. The fraction of sp³-hybridized carbons (Fsp3) is 0.118. The van der Waals surface area contributed by atoms with Crippen LogP contribution in [0.5, 0.6) is 0 Å². The summed E-state index contributed by atoms with van der Waals surface area (Å²) in [5, 5.41) is 3.20. The first-order chi connectivity index (χ1) is 11.7. The molecular formula is C17H13BrN2O3S. The predicted molar refractivity (Wildman–Crippen MR) is 97.0 cm³/mol. The number of amides is 1. The second-order valence-electron chi connectivity index (χ2n) is 4.42. The monoisotopic (exact) mass is 404 g/mol. The minimum absolute atomic E-state index is 0.145. The van der Waals surface area contributed by atoms with Crippen LogP contribution in [0, 0.1) is 0 Å². The minimum Gasteiger partial charge on any atom is -0.445 e. The van der Waals surface area contributed by atoms with Crippen molar-refractivity contribution >= 4 is 45.1 Å². The Morgan fingerprint density at radius 2 is 2.33 bits per heavy atom. The normalized spacial score (nSPS) is 12.2. The van der Waals surface area contributed by atoms with Gasteiger partial charge in [0, 0.05) is 15.9 Å². The first-order valence-electron chi connectivity index (χ1n) is 6.86. The van der Waals surface area contributed by atoms with E-state index in [1.54, 1.807) is 0 Å². The summed E-state index contributed by atoms with van der Waals surface area (Å²) < 4.78 is 5.72. The molecule has 0 spiro atoms. The number of thioether (sulfide) groups is 1. The van der Waals surface area contributed by atoms with E-state index in [2.05, 4.69) is 44.3 Å². The Kier molecular flexibility index (Phi) is 6.85. The van der Waals surface area contributed by atoms with Gasteiger partial charge < -0.3 is 10.1 Å². The number of hydrogen-bond donors (Lipinski definition) is 1. The zero-order valence-electron chi connectivity index (χ0n) is 12.5. The second-order valence-corrected chi connectivity index (χ2v) is 6.31. The summed E-state index contributed by atoms with van der Waals surface area (Å²) in [7, 11) is 0. The van der Waals surface area contributed by atoms with Crippen LogP contribution in [0.15, 0.2) is 68.5 Å². The van der Waals surface area contributed by atoms with Gasteiger partial charge in [0.2, 0.25) is 0 Å². The average molecular weight is 405 g/mol. The van der Waals surface area contributed by atoms with Crippen LogP contribution in [0.4, 0.5) is 4.79 Å². The van der Waals surface area contributed by atoms with Crippen molar-refractivity contribution in [2.45, 2.75) is 11.4 Å². The Morgan fingerprint density at radius 3 is 3.08 bits per heavy atom. The van der Waals surface area contributed by atoms with E-state index in [0.29, 0.717) is 16.9 Å². The van der Waals surface area contributed by atoms with E-state index in [0.717, 1.165) is 14.9 Å². The molecule has 0 radical (unpaired) electrons. The zero-order valence-corrected chi connectivity index (χ0v) is 14.9. The lowest BCUT2D eigenvalue weighted by Crippen LogP contribution is -2.24. The predicted octanol–water partition coefficient (Wildman–Crippen LogP) is 3.76. The third-order valence-corrected chi connectivity index (χ3v) is 4.69. The molecule has 0 unspecified atom stereocenters. The molecule has 0 saturated carbocycles. The maximum atomic E-state index is 11.6. The van der Waals surface area contributed by atoms with Crippen LogP contribution in [-0.2, 0) is 16.1 Å². The molecular weight excluding hydrogens is 392 g/mol. The molecule has 0 fully saturated rings. The number of benzene rings is 1. The van der Waals surface area contributed by atoms with E-state index < -0.39 is 6.09 Å². The quantitative estimate of drug-likeness (QED) is 0.445. The summed E-state index contributed by atoms with van der Waals surface area (Å²) in [6.45, 7) is 3.89. The number of carbonyl (C=O) groups excluding carboxylic acids is 2. The summed E-state index contributed by atoms with van der Waals surface area (Å²) in [6, 6.07) is 5.62. The molecule has 0 bridgehead atoms. The fourth-order valence-corrected chi connectivity index (χ4v) is 3.35. The number of aliphatic imine (C=N–C) groups is 1. The maximum absolute atomic E-state index is 11.6. The smallest absolute Gasteiger partial charge is 0.407 e. The van der Waals surface area contributed by atoms with Crippen molar-refractivity contribution in [3.05, 3.63) is 64.1 Å². The van der Waals surface area contributed by atoms with Crippen LogP contribution in [0.2, 0.25) is 0 Å². The van der Waals surface area contributed by atoms with E-state index >= 15 is 0 Å². The third-order valence-electron chi connectivity index (χ3n) is 2.83. The van der Waals surface area contributed by atoms with Crippen molar-refractivity contribution < 1.29 is 14.3 Å². The molecule has 2 rings (SSSR count). The number of hydrogen-bond acceptors (Lipinski definition) is 5. The van der Waals surface area contributed by atoms with Crippen molar-refractivity contribution in [1.29, 1.82) is 0 Å². The van der Waals surface area contributed by atoms with Gasteiger partial charge in [-0.3, -0.25) is 4.79 Å². The Balaban J connectivity index is 2.15. The summed E-state index contributed by atoms with van der Waals surface area (Å²) >= 11 is 4.79. The van der Waals surface area contributed by atoms with Crippen LogP contribution >= 0.6 is 27.7 Å². The van der Waals surface area contributed by atoms with Crippen LogP contribution in [0.1, 0.15) is 5.56 Å². The summed E-state index contributed by atoms with van der Waals surface area (Å²) in [6.07, 6.45) is 3.11. The van der Waals surface area contributed by atoms with Gasteiger partial charge in [0.25, 0.3) is 0 Å². The number of alkyl carbamates (subject to hydrolysis) is 1. The molecule has 7 heteroatoms. The maximum Gasteiger partial charge on any atom is 0.407 e. The Morgan fingerprint density at radius 1 is 1.50 bits per heavy atom. The molecule has 0 aliphatic carbocycles. The summed E-state index contributed by atoms with van der Waals surface area (Å²) in [4.78, 5) is 27.7. The van der Waals surface area contributed by atoms with Crippen molar-refractivity contribution in [2.75, 3.05) is 6.61 Å². The Bertz CT molecular complexity index is 804. The Labute approximate surface area is 152 Å². The first-order valence-corrected chi connectivity index (χ1v) is 8.47. The van der Waals surface area contributed by atoms with Gasteiger partial charge in [0.1, 0.15) is 11.7 Å². The average Bonchev–Trinajstić information content (AvgIpc) is 2.60. The second kappa shape index (κ2) is 9.11. The van der Waals surface area contributed by atoms with Crippen LogP contribution in [-0.4, -0.2) is 24.0 Å². The van der Waals surface area contributed by atoms with Crippen LogP contribution < -0.4 is 5.32 Å². The highest BCUT2D eigenvalue weighted by atomic mass is 79.9. The molecule has 0 aromatic heterocycles. The number of rotatable bonds is 6. The minimum atomic E-state index is -0.532. The van der Waals surface area contributed by atoms with Gasteiger partial charge in [-0.05, 0) is 23.4 Å². The highest BCUT2D eigenvalue weighted by Gasteiger charge is 2.15. The number of nitrogens with zero attached hydrogens (tertiary/aromatic N) is 1. The number of aldehydes is 1. The van der Waals surface area contributed by atoms with Crippen molar-refractivity contribution in [2.24, 2.45) is 4.99 Å². The van der Waals surface area contributed by atoms with E-state index in [1.807, 2.05) is 18.2 Å². The summed E-state index contributed by atoms with van der Waals surface area (Å²) in [5.74, 6) is 0. The van der Waals surface area contributed by atoms with Crippen LogP contribution in [0.3, 0.4) is 0 Å². The molecule has 1 aromatic rings. The number of nitrogens with one attached hydrogen (secondary N) is 1. The molecule has 1 amide bonds. The Hall–Kier alpha value is -2.30. The molecule has 0 saturated heterocycles. The van der Waals surface area contributed by atoms with Gasteiger partial charge in [-0.15, -0.1) is 0 Å². The van der Waals surface area contributed by atoms with Crippen molar-refractivity contribution in [1.82, 2.24) is 5.32 Å². The van der Waals surface area contributed by atoms with Crippen LogP contribution in [0.25, 0.3) is 0 Å². The molecule has 5 nitrogen and oxygen atoms in total. The molecule has 1 aliphatic heterocycles. The molecule has 122 valence electrons.